The minimum Gasteiger partial charge on any atom is -0.496 e. The van der Waals surface area contributed by atoms with Crippen molar-refractivity contribution < 1.29 is 23.7 Å². The van der Waals surface area contributed by atoms with Crippen LogP contribution < -0.4 is 14.2 Å². The number of rotatable bonds is 8. The van der Waals surface area contributed by atoms with E-state index in [2.05, 4.69) is 15.9 Å². The molecule has 0 aromatic heterocycles. The van der Waals surface area contributed by atoms with Crippen LogP contribution in [0.1, 0.15) is 11.1 Å². The standard InChI is InChI=1S/C21H21BrO5/c1-24-18-14-20(26-3)19(25-2)13-16(18)5-4-12-27-21(23)11-8-15-6-9-17(22)10-7-15/h4-11,13-14H,12H2,1-3H3/b5-4+,11-8+. The molecule has 0 N–H and O–H groups in total. The van der Waals surface area contributed by atoms with Gasteiger partial charge in [0.2, 0.25) is 0 Å². The number of carbonyl (C=O) groups is 1. The van der Waals surface area contributed by atoms with Crippen LogP contribution >= 0.6 is 15.9 Å². The van der Waals surface area contributed by atoms with E-state index in [1.807, 2.05) is 24.3 Å². The number of esters is 1. The van der Waals surface area contributed by atoms with Crippen LogP contribution in [0.15, 0.2) is 53.0 Å². The molecule has 0 amide bonds. The lowest BCUT2D eigenvalue weighted by Gasteiger charge is -2.12. The Morgan fingerprint density at radius 2 is 1.56 bits per heavy atom. The molecule has 5 nitrogen and oxygen atoms in total. The van der Waals surface area contributed by atoms with Gasteiger partial charge in [0.05, 0.1) is 21.3 Å². The number of carbonyl (C=O) groups excluding carboxylic acids is 1. The van der Waals surface area contributed by atoms with Crippen LogP contribution in [-0.4, -0.2) is 33.9 Å². The van der Waals surface area contributed by atoms with Crippen molar-refractivity contribution in [3.05, 3.63) is 64.1 Å². The zero-order chi connectivity index (χ0) is 19.6. The Morgan fingerprint density at radius 3 is 2.19 bits per heavy atom. The van der Waals surface area contributed by atoms with Crippen molar-refractivity contribution in [3.63, 3.8) is 0 Å². The molecule has 0 fully saturated rings. The molecule has 0 bridgehead atoms. The van der Waals surface area contributed by atoms with E-state index >= 15 is 0 Å². The first kappa shape index (κ1) is 20.6. The summed E-state index contributed by atoms with van der Waals surface area (Å²) in [4.78, 5) is 11.8. The summed E-state index contributed by atoms with van der Waals surface area (Å²) >= 11 is 3.37. The highest BCUT2D eigenvalue weighted by Gasteiger charge is 2.09. The van der Waals surface area contributed by atoms with E-state index in [4.69, 9.17) is 18.9 Å². The maximum absolute atomic E-state index is 11.8. The molecule has 2 aromatic rings. The van der Waals surface area contributed by atoms with Crippen LogP contribution in [0.4, 0.5) is 0 Å². The molecular formula is C21H21BrO5. The maximum Gasteiger partial charge on any atom is 0.331 e. The van der Waals surface area contributed by atoms with E-state index < -0.39 is 5.97 Å². The second-order valence-corrected chi connectivity index (χ2v) is 6.28. The molecule has 2 rings (SSSR count). The van der Waals surface area contributed by atoms with Crippen molar-refractivity contribution in [3.8, 4) is 17.2 Å². The molecule has 0 radical (unpaired) electrons. The molecule has 0 saturated heterocycles. The van der Waals surface area contributed by atoms with Gasteiger partial charge in [-0.15, -0.1) is 0 Å². The van der Waals surface area contributed by atoms with Crippen LogP contribution in [0.2, 0.25) is 0 Å². The first-order valence-corrected chi connectivity index (χ1v) is 8.93. The normalized spacial score (nSPS) is 11.0. The maximum atomic E-state index is 11.8. The van der Waals surface area contributed by atoms with Gasteiger partial charge in [-0.2, -0.15) is 0 Å². The Hall–Kier alpha value is -2.73. The second-order valence-electron chi connectivity index (χ2n) is 5.37. The quantitative estimate of drug-likeness (QED) is 0.445. The molecule has 27 heavy (non-hydrogen) atoms. The number of halogens is 1. The number of methoxy groups -OCH3 is 3. The fraction of sp³-hybridized carbons (Fsp3) is 0.190. The summed E-state index contributed by atoms with van der Waals surface area (Å²) in [6.07, 6.45) is 6.63. The molecule has 0 unspecified atom stereocenters. The average Bonchev–Trinajstić information content (AvgIpc) is 2.70. The second kappa shape index (κ2) is 10.4. The summed E-state index contributed by atoms with van der Waals surface area (Å²) in [5, 5.41) is 0. The Balaban J connectivity index is 1.95. The summed E-state index contributed by atoms with van der Waals surface area (Å²) in [6.45, 7) is 0.140. The highest BCUT2D eigenvalue weighted by Crippen LogP contribution is 2.35. The first-order chi connectivity index (χ1) is 13.1. The molecule has 0 atom stereocenters. The lowest BCUT2D eigenvalue weighted by Crippen LogP contribution is -2.00. The van der Waals surface area contributed by atoms with Gasteiger partial charge < -0.3 is 18.9 Å². The topological polar surface area (TPSA) is 54.0 Å². The van der Waals surface area contributed by atoms with Crippen LogP contribution in [0.25, 0.3) is 12.2 Å². The van der Waals surface area contributed by atoms with E-state index in [1.165, 1.54) is 6.08 Å². The third kappa shape index (κ3) is 6.18. The Kier molecular flexibility index (Phi) is 7.95. The fourth-order valence-corrected chi connectivity index (χ4v) is 2.54. The van der Waals surface area contributed by atoms with Gasteiger partial charge in [0.15, 0.2) is 11.5 Å². The highest BCUT2D eigenvalue weighted by molar-refractivity contribution is 9.10. The molecule has 6 heteroatoms. The molecule has 0 heterocycles. The Morgan fingerprint density at radius 1 is 0.926 bits per heavy atom. The largest absolute Gasteiger partial charge is 0.496 e. The van der Waals surface area contributed by atoms with E-state index in [0.29, 0.717) is 17.2 Å². The van der Waals surface area contributed by atoms with Crippen LogP contribution in [-0.2, 0) is 9.53 Å². The van der Waals surface area contributed by atoms with E-state index in [-0.39, 0.29) is 6.61 Å². The van der Waals surface area contributed by atoms with Gasteiger partial charge in [0.25, 0.3) is 0 Å². The van der Waals surface area contributed by atoms with Gasteiger partial charge in [-0.3, -0.25) is 0 Å². The summed E-state index contributed by atoms with van der Waals surface area (Å²) in [5.41, 5.74) is 1.71. The Labute approximate surface area is 167 Å². The van der Waals surface area contributed by atoms with Gasteiger partial charge in [0.1, 0.15) is 12.4 Å². The van der Waals surface area contributed by atoms with Crippen LogP contribution in [0.3, 0.4) is 0 Å². The van der Waals surface area contributed by atoms with Crippen molar-refractivity contribution in [2.24, 2.45) is 0 Å². The van der Waals surface area contributed by atoms with Gasteiger partial charge in [-0.05, 0) is 35.9 Å². The number of hydrogen-bond acceptors (Lipinski definition) is 5. The van der Waals surface area contributed by atoms with E-state index in [0.717, 1.165) is 15.6 Å². The number of hydrogen-bond donors (Lipinski definition) is 0. The van der Waals surface area contributed by atoms with Crippen molar-refractivity contribution in [2.45, 2.75) is 0 Å². The minimum absolute atomic E-state index is 0.140. The van der Waals surface area contributed by atoms with Gasteiger partial charge in [-0.25, -0.2) is 4.79 Å². The summed E-state index contributed by atoms with van der Waals surface area (Å²) in [5.74, 6) is 1.38. The SMILES string of the molecule is COc1cc(OC)c(OC)cc1/C=C/COC(=O)/C=C/c1ccc(Br)cc1. The number of benzene rings is 2. The third-order valence-corrected chi connectivity index (χ3v) is 4.17. The molecule has 142 valence electrons. The van der Waals surface area contributed by atoms with E-state index in [1.54, 1.807) is 51.7 Å². The summed E-state index contributed by atoms with van der Waals surface area (Å²) < 4.78 is 22.0. The molecule has 0 spiro atoms. The fourth-order valence-electron chi connectivity index (χ4n) is 2.27. The molecular weight excluding hydrogens is 412 g/mol. The highest BCUT2D eigenvalue weighted by atomic mass is 79.9. The van der Waals surface area contributed by atoms with Gasteiger partial charge in [0, 0.05) is 22.2 Å². The van der Waals surface area contributed by atoms with E-state index in [9.17, 15) is 4.79 Å². The first-order valence-electron chi connectivity index (χ1n) is 8.14. The van der Waals surface area contributed by atoms with Crippen LogP contribution in [0.5, 0.6) is 17.2 Å². The molecule has 0 saturated carbocycles. The van der Waals surface area contributed by atoms with Gasteiger partial charge >= 0.3 is 5.97 Å². The smallest absolute Gasteiger partial charge is 0.331 e. The van der Waals surface area contributed by atoms with Gasteiger partial charge in [-0.1, -0.05) is 34.1 Å². The van der Waals surface area contributed by atoms with Crippen molar-refractivity contribution in [1.29, 1.82) is 0 Å². The lowest BCUT2D eigenvalue weighted by atomic mass is 10.1. The van der Waals surface area contributed by atoms with Crippen molar-refractivity contribution in [2.75, 3.05) is 27.9 Å². The summed E-state index contributed by atoms with van der Waals surface area (Å²) in [6, 6.07) is 11.2. The molecule has 2 aromatic carbocycles. The molecule has 0 aliphatic carbocycles. The predicted octanol–water partition coefficient (Wildman–Crippen LogP) is 4.74. The van der Waals surface area contributed by atoms with Crippen molar-refractivity contribution in [1.82, 2.24) is 0 Å². The number of ether oxygens (including phenoxy) is 4. The zero-order valence-electron chi connectivity index (χ0n) is 15.4. The third-order valence-electron chi connectivity index (χ3n) is 3.64. The average molecular weight is 433 g/mol. The zero-order valence-corrected chi connectivity index (χ0v) is 17.0. The van der Waals surface area contributed by atoms with Crippen molar-refractivity contribution >= 4 is 34.1 Å². The monoisotopic (exact) mass is 432 g/mol. The Bertz CT molecular complexity index is 825. The lowest BCUT2D eigenvalue weighted by molar-refractivity contribution is -0.136. The summed E-state index contributed by atoms with van der Waals surface area (Å²) in [7, 11) is 4.71. The molecule has 0 aliphatic heterocycles. The molecule has 0 aliphatic rings. The minimum atomic E-state index is -0.415. The van der Waals surface area contributed by atoms with Crippen LogP contribution in [0, 0.1) is 0 Å². The predicted molar refractivity (Wildman–Crippen MR) is 109 cm³/mol.